The van der Waals surface area contributed by atoms with Gasteiger partial charge in [0.25, 0.3) is 11.7 Å². The van der Waals surface area contributed by atoms with Gasteiger partial charge in [-0.3, -0.25) is 4.79 Å². The zero-order valence-electron chi connectivity index (χ0n) is 9.98. The molecule has 0 aromatic carbocycles. The topological polar surface area (TPSA) is 94.0 Å². The number of primary amides is 1. The van der Waals surface area contributed by atoms with Crippen molar-refractivity contribution in [2.24, 2.45) is 17.6 Å². The minimum atomic E-state index is -0.646. The van der Waals surface area contributed by atoms with Crippen LogP contribution in [0.15, 0.2) is 4.52 Å². The summed E-state index contributed by atoms with van der Waals surface area (Å²) in [5.74, 6) is 0.912. The number of hydrogen-bond donors (Lipinski definition) is 2. The third kappa shape index (κ3) is 3.03. The van der Waals surface area contributed by atoms with E-state index in [1.807, 2.05) is 0 Å². The SMILES string of the molecule is CC(Cc1nc(C(N)=O)no1)C1CCCNC1. The molecule has 2 atom stereocenters. The lowest BCUT2D eigenvalue weighted by molar-refractivity contribution is 0.0987. The maximum atomic E-state index is 10.8. The molecular weight excluding hydrogens is 220 g/mol. The van der Waals surface area contributed by atoms with E-state index < -0.39 is 5.91 Å². The molecule has 6 heteroatoms. The summed E-state index contributed by atoms with van der Waals surface area (Å²) in [6.45, 7) is 4.32. The summed E-state index contributed by atoms with van der Waals surface area (Å²) < 4.78 is 5.01. The number of rotatable bonds is 4. The van der Waals surface area contributed by atoms with Gasteiger partial charge in [-0.25, -0.2) is 0 Å². The van der Waals surface area contributed by atoms with Gasteiger partial charge >= 0.3 is 0 Å². The Hall–Kier alpha value is -1.43. The van der Waals surface area contributed by atoms with Crippen molar-refractivity contribution in [1.29, 1.82) is 0 Å². The van der Waals surface area contributed by atoms with Gasteiger partial charge in [0.15, 0.2) is 0 Å². The smallest absolute Gasteiger partial charge is 0.290 e. The molecule has 17 heavy (non-hydrogen) atoms. The minimum absolute atomic E-state index is 0.0334. The summed E-state index contributed by atoms with van der Waals surface area (Å²) in [5.41, 5.74) is 5.07. The van der Waals surface area contributed by atoms with Gasteiger partial charge in [-0.2, -0.15) is 4.98 Å². The largest absolute Gasteiger partial charge is 0.363 e. The van der Waals surface area contributed by atoms with E-state index in [-0.39, 0.29) is 5.82 Å². The summed E-state index contributed by atoms with van der Waals surface area (Å²) >= 11 is 0. The second-order valence-electron chi connectivity index (χ2n) is 4.66. The van der Waals surface area contributed by atoms with Gasteiger partial charge in [-0.15, -0.1) is 0 Å². The monoisotopic (exact) mass is 238 g/mol. The second-order valence-corrected chi connectivity index (χ2v) is 4.66. The Morgan fingerprint density at radius 2 is 2.53 bits per heavy atom. The average Bonchev–Trinajstić information content (AvgIpc) is 2.79. The molecule has 1 amide bonds. The Labute approximate surface area is 99.9 Å². The molecule has 1 fully saturated rings. The summed E-state index contributed by atoms with van der Waals surface area (Å²) in [4.78, 5) is 14.8. The molecular formula is C11H18N4O2. The molecule has 0 bridgehead atoms. The van der Waals surface area contributed by atoms with Gasteiger partial charge in [-0.05, 0) is 37.8 Å². The Balaban J connectivity index is 1.92. The third-order valence-corrected chi connectivity index (χ3v) is 3.32. The van der Waals surface area contributed by atoms with Crippen molar-refractivity contribution in [1.82, 2.24) is 15.5 Å². The fourth-order valence-electron chi connectivity index (χ4n) is 2.24. The van der Waals surface area contributed by atoms with Crippen LogP contribution in [0.5, 0.6) is 0 Å². The van der Waals surface area contributed by atoms with Crippen molar-refractivity contribution in [3.8, 4) is 0 Å². The van der Waals surface area contributed by atoms with Crippen molar-refractivity contribution in [2.45, 2.75) is 26.2 Å². The van der Waals surface area contributed by atoms with E-state index in [0.717, 1.165) is 13.1 Å². The van der Waals surface area contributed by atoms with Crippen molar-refractivity contribution in [3.63, 3.8) is 0 Å². The van der Waals surface area contributed by atoms with E-state index in [4.69, 9.17) is 10.3 Å². The molecule has 94 valence electrons. The van der Waals surface area contributed by atoms with Crippen molar-refractivity contribution in [2.75, 3.05) is 13.1 Å². The van der Waals surface area contributed by atoms with Gasteiger partial charge < -0.3 is 15.6 Å². The van der Waals surface area contributed by atoms with Crippen LogP contribution in [0, 0.1) is 11.8 Å². The van der Waals surface area contributed by atoms with Crippen molar-refractivity contribution < 1.29 is 9.32 Å². The van der Waals surface area contributed by atoms with E-state index >= 15 is 0 Å². The van der Waals surface area contributed by atoms with E-state index in [1.165, 1.54) is 12.8 Å². The lowest BCUT2D eigenvalue weighted by Crippen LogP contribution is -2.33. The van der Waals surface area contributed by atoms with E-state index in [2.05, 4.69) is 22.4 Å². The predicted octanol–water partition coefficient (Wildman–Crippen LogP) is 0.347. The van der Waals surface area contributed by atoms with Crippen LogP contribution >= 0.6 is 0 Å². The highest BCUT2D eigenvalue weighted by Gasteiger charge is 2.22. The van der Waals surface area contributed by atoms with E-state index in [0.29, 0.717) is 24.1 Å². The minimum Gasteiger partial charge on any atom is -0.363 e. The molecule has 2 heterocycles. The number of carbonyl (C=O) groups excluding carboxylic acids is 1. The molecule has 1 aliphatic heterocycles. The van der Waals surface area contributed by atoms with Gasteiger partial charge in [0, 0.05) is 6.42 Å². The Morgan fingerprint density at radius 1 is 1.71 bits per heavy atom. The Bertz CT molecular complexity index is 385. The number of piperidine rings is 1. The molecule has 2 rings (SSSR count). The lowest BCUT2D eigenvalue weighted by Gasteiger charge is -2.27. The maximum Gasteiger partial charge on any atom is 0.290 e. The average molecular weight is 238 g/mol. The standard InChI is InChI=1S/C11H18N4O2/c1-7(8-3-2-4-13-6-8)5-9-14-11(10(12)16)15-17-9/h7-8,13H,2-6H2,1H3,(H2,12,16). The number of carbonyl (C=O) groups is 1. The van der Waals surface area contributed by atoms with Crippen LogP contribution < -0.4 is 11.1 Å². The molecule has 0 spiro atoms. The van der Waals surface area contributed by atoms with Gasteiger partial charge in [-0.1, -0.05) is 12.1 Å². The number of aromatic nitrogens is 2. The van der Waals surface area contributed by atoms with Crippen LogP contribution in [0.1, 0.15) is 36.3 Å². The molecule has 1 aromatic rings. The van der Waals surface area contributed by atoms with Crippen LogP contribution in [0.25, 0.3) is 0 Å². The quantitative estimate of drug-likeness (QED) is 0.789. The highest BCUT2D eigenvalue weighted by molar-refractivity contribution is 5.88. The summed E-state index contributed by atoms with van der Waals surface area (Å²) in [5, 5.41) is 6.92. The Morgan fingerprint density at radius 3 is 3.12 bits per heavy atom. The fraction of sp³-hybridized carbons (Fsp3) is 0.727. The zero-order valence-corrected chi connectivity index (χ0v) is 9.98. The highest BCUT2D eigenvalue weighted by atomic mass is 16.5. The Kier molecular flexibility index (Phi) is 3.73. The zero-order chi connectivity index (χ0) is 12.3. The first kappa shape index (κ1) is 12.0. The first-order chi connectivity index (χ1) is 8.16. The van der Waals surface area contributed by atoms with Crippen molar-refractivity contribution in [3.05, 3.63) is 11.7 Å². The molecule has 2 unspecified atom stereocenters. The third-order valence-electron chi connectivity index (χ3n) is 3.32. The molecule has 1 aliphatic rings. The molecule has 0 radical (unpaired) electrons. The number of nitrogens with two attached hydrogens (primary N) is 1. The van der Waals surface area contributed by atoms with E-state index in [1.54, 1.807) is 0 Å². The number of nitrogens with zero attached hydrogens (tertiary/aromatic N) is 2. The van der Waals surface area contributed by atoms with Gasteiger partial charge in [0.1, 0.15) is 0 Å². The van der Waals surface area contributed by atoms with Crippen LogP contribution in [-0.4, -0.2) is 29.1 Å². The first-order valence-corrected chi connectivity index (χ1v) is 6.00. The number of amides is 1. The molecule has 0 saturated carbocycles. The van der Waals surface area contributed by atoms with Crippen LogP contribution in [0.2, 0.25) is 0 Å². The predicted molar refractivity (Wildman–Crippen MR) is 61.3 cm³/mol. The molecule has 6 nitrogen and oxygen atoms in total. The summed E-state index contributed by atoms with van der Waals surface area (Å²) in [7, 11) is 0. The number of hydrogen-bond acceptors (Lipinski definition) is 5. The molecule has 1 aromatic heterocycles. The number of nitrogens with one attached hydrogen (secondary N) is 1. The van der Waals surface area contributed by atoms with Crippen molar-refractivity contribution >= 4 is 5.91 Å². The van der Waals surface area contributed by atoms with Crippen LogP contribution in [0.3, 0.4) is 0 Å². The maximum absolute atomic E-state index is 10.8. The molecule has 1 saturated heterocycles. The first-order valence-electron chi connectivity index (χ1n) is 6.00. The van der Waals surface area contributed by atoms with Crippen LogP contribution in [0.4, 0.5) is 0 Å². The molecule has 0 aliphatic carbocycles. The van der Waals surface area contributed by atoms with Crippen LogP contribution in [-0.2, 0) is 6.42 Å². The van der Waals surface area contributed by atoms with E-state index in [9.17, 15) is 4.79 Å². The summed E-state index contributed by atoms with van der Waals surface area (Å²) in [6.07, 6.45) is 3.14. The fourth-order valence-corrected chi connectivity index (χ4v) is 2.24. The van der Waals surface area contributed by atoms with Gasteiger partial charge in [0.2, 0.25) is 5.89 Å². The normalized spacial score (nSPS) is 22.3. The van der Waals surface area contributed by atoms with Gasteiger partial charge in [0.05, 0.1) is 0 Å². The highest BCUT2D eigenvalue weighted by Crippen LogP contribution is 2.22. The second kappa shape index (κ2) is 5.27. The molecule has 3 N–H and O–H groups in total. The summed E-state index contributed by atoms with van der Waals surface area (Å²) in [6, 6.07) is 0. The lowest BCUT2D eigenvalue weighted by atomic mass is 9.85.